The molecule has 110 valence electrons. The fourth-order valence-corrected chi connectivity index (χ4v) is 2.45. The van der Waals surface area contributed by atoms with Crippen LogP contribution in [-0.2, 0) is 9.59 Å². The highest BCUT2D eigenvalue weighted by atomic mass is 79.9. The van der Waals surface area contributed by atoms with E-state index in [0.29, 0.717) is 0 Å². The van der Waals surface area contributed by atoms with Crippen LogP contribution in [-0.4, -0.2) is 28.8 Å². The van der Waals surface area contributed by atoms with Crippen molar-refractivity contribution in [2.75, 3.05) is 6.54 Å². The van der Waals surface area contributed by atoms with Gasteiger partial charge in [-0.2, -0.15) is 0 Å². The molecule has 1 unspecified atom stereocenters. The highest BCUT2D eigenvalue weighted by Gasteiger charge is 2.28. The number of aliphatic carboxylic acids is 1. The van der Waals surface area contributed by atoms with Crippen LogP contribution in [0.3, 0.4) is 0 Å². The number of halogens is 1. The molecular weight excluding hydrogens is 342 g/mol. The average Bonchev–Trinajstić information content (AvgIpc) is 2.38. The van der Waals surface area contributed by atoms with Crippen LogP contribution in [0.1, 0.15) is 20.8 Å². The molecule has 4 nitrogen and oxygen atoms in total. The predicted octanol–water partition coefficient (Wildman–Crippen LogP) is 3.16. The van der Waals surface area contributed by atoms with E-state index in [0.717, 1.165) is 9.37 Å². The molecule has 0 spiro atoms. The zero-order valence-corrected chi connectivity index (χ0v) is 14.0. The molecule has 0 saturated carbocycles. The van der Waals surface area contributed by atoms with Gasteiger partial charge in [-0.1, -0.05) is 15.9 Å². The number of benzene rings is 1. The number of hydrogen-bond acceptors (Lipinski definition) is 3. The van der Waals surface area contributed by atoms with E-state index in [1.165, 1.54) is 11.8 Å². The lowest BCUT2D eigenvalue weighted by Crippen LogP contribution is -2.41. The van der Waals surface area contributed by atoms with Crippen LogP contribution in [0.2, 0.25) is 0 Å². The van der Waals surface area contributed by atoms with E-state index in [1.807, 2.05) is 24.3 Å². The second-order valence-corrected chi connectivity index (χ2v) is 7.45. The van der Waals surface area contributed by atoms with Gasteiger partial charge in [0.2, 0.25) is 5.91 Å². The largest absolute Gasteiger partial charge is 0.481 e. The standard InChI is InChI=1S/C14H18BrNO3S/c1-9(20-11-6-4-10(15)5-7-11)12(17)16-8-14(2,3)13(18)19/h4-7,9H,8H2,1-3H3,(H,16,17)(H,18,19). The molecule has 1 aromatic carbocycles. The maximum Gasteiger partial charge on any atom is 0.310 e. The lowest BCUT2D eigenvalue weighted by atomic mass is 9.94. The summed E-state index contributed by atoms with van der Waals surface area (Å²) < 4.78 is 0.988. The molecule has 6 heteroatoms. The Bertz CT molecular complexity index is 488. The molecule has 1 atom stereocenters. The Morgan fingerprint density at radius 2 is 1.90 bits per heavy atom. The van der Waals surface area contributed by atoms with Crippen LogP contribution in [0, 0.1) is 5.41 Å². The van der Waals surface area contributed by atoms with Crippen molar-refractivity contribution in [3.8, 4) is 0 Å². The quantitative estimate of drug-likeness (QED) is 0.765. The van der Waals surface area contributed by atoms with Gasteiger partial charge in [0, 0.05) is 15.9 Å². The Morgan fingerprint density at radius 1 is 1.35 bits per heavy atom. The number of carboxylic acid groups (broad SMARTS) is 1. The molecule has 0 aromatic heterocycles. The minimum atomic E-state index is -0.961. The first kappa shape index (κ1) is 17.0. The van der Waals surface area contributed by atoms with Crippen LogP contribution < -0.4 is 5.32 Å². The Hall–Kier alpha value is -1.01. The van der Waals surface area contributed by atoms with Gasteiger partial charge >= 0.3 is 5.97 Å². The summed E-state index contributed by atoms with van der Waals surface area (Å²) in [4.78, 5) is 23.9. The second kappa shape index (κ2) is 7.13. The maximum absolute atomic E-state index is 11.9. The number of thioether (sulfide) groups is 1. The summed E-state index contributed by atoms with van der Waals surface area (Å²) in [6.07, 6.45) is 0. The third-order valence-electron chi connectivity index (χ3n) is 2.78. The molecule has 0 radical (unpaired) electrons. The lowest BCUT2D eigenvalue weighted by Gasteiger charge is -2.21. The van der Waals surface area contributed by atoms with Crippen LogP contribution >= 0.6 is 27.7 Å². The van der Waals surface area contributed by atoms with Gasteiger partial charge in [0.25, 0.3) is 0 Å². The predicted molar refractivity (Wildman–Crippen MR) is 83.9 cm³/mol. The summed E-state index contributed by atoms with van der Waals surface area (Å²) in [6.45, 7) is 5.09. The number of carbonyl (C=O) groups is 2. The molecule has 1 amide bonds. The highest BCUT2D eigenvalue weighted by molar-refractivity contribution is 9.10. The molecule has 1 rings (SSSR count). The smallest absolute Gasteiger partial charge is 0.310 e. The highest BCUT2D eigenvalue weighted by Crippen LogP contribution is 2.25. The summed E-state index contributed by atoms with van der Waals surface area (Å²) in [5.41, 5.74) is -0.961. The first-order chi connectivity index (χ1) is 9.22. The third kappa shape index (κ3) is 5.17. The summed E-state index contributed by atoms with van der Waals surface area (Å²) in [7, 11) is 0. The summed E-state index contributed by atoms with van der Waals surface area (Å²) in [5.74, 6) is -1.08. The maximum atomic E-state index is 11.9. The van der Waals surface area contributed by atoms with Crippen LogP contribution in [0.25, 0.3) is 0 Å². The van der Waals surface area contributed by atoms with Crippen molar-refractivity contribution >= 4 is 39.6 Å². The fraction of sp³-hybridized carbons (Fsp3) is 0.429. The Labute approximate surface area is 131 Å². The van der Waals surface area contributed by atoms with Crippen molar-refractivity contribution in [2.24, 2.45) is 5.41 Å². The normalized spacial score (nSPS) is 12.8. The van der Waals surface area contributed by atoms with Gasteiger partial charge in [0.15, 0.2) is 0 Å². The van der Waals surface area contributed by atoms with Crippen LogP contribution in [0.5, 0.6) is 0 Å². The van der Waals surface area contributed by atoms with E-state index in [4.69, 9.17) is 5.11 Å². The molecule has 20 heavy (non-hydrogen) atoms. The Morgan fingerprint density at radius 3 is 2.40 bits per heavy atom. The van der Waals surface area contributed by atoms with Gasteiger partial charge < -0.3 is 10.4 Å². The minimum Gasteiger partial charge on any atom is -0.481 e. The van der Waals surface area contributed by atoms with Crippen molar-refractivity contribution in [1.82, 2.24) is 5.32 Å². The van der Waals surface area contributed by atoms with E-state index in [2.05, 4.69) is 21.2 Å². The minimum absolute atomic E-state index is 0.117. The second-order valence-electron chi connectivity index (χ2n) is 5.12. The number of carbonyl (C=O) groups excluding carboxylic acids is 1. The molecule has 0 saturated heterocycles. The fourth-order valence-electron chi connectivity index (χ4n) is 1.30. The van der Waals surface area contributed by atoms with E-state index >= 15 is 0 Å². The number of amides is 1. The Kier molecular flexibility index (Phi) is 6.07. The van der Waals surface area contributed by atoms with Gasteiger partial charge in [-0.3, -0.25) is 9.59 Å². The summed E-state index contributed by atoms with van der Waals surface area (Å²) in [6, 6.07) is 7.69. The molecule has 2 N–H and O–H groups in total. The zero-order chi connectivity index (χ0) is 15.3. The first-order valence-corrected chi connectivity index (χ1v) is 7.83. The van der Waals surface area contributed by atoms with E-state index in [1.54, 1.807) is 20.8 Å². The van der Waals surface area contributed by atoms with Crippen molar-refractivity contribution in [2.45, 2.75) is 30.9 Å². The van der Waals surface area contributed by atoms with Crippen LogP contribution in [0.15, 0.2) is 33.6 Å². The van der Waals surface area contributed by atoms with Crippen molar-refractivity contribution in [1.29, 1.82) is 0 Å². The molecule has 0 fully saturated rings. The van der Waals surface area contributed by atoms with E-state index in [-0.39, 0.29) is 17.7 Å². The Balaban J connectivity index is 2.51. The molecular formula is C14H18BrNO3S. The first-order valence-electron chi connectivity index (χ1n) is 6.16. The van der Waals surface area contributed by atoms with Gasteiger partial charge in [0.05, 0.1) is 10.7 Å². The average molecular weight is 360 g/mol. The van der Waals surface area contributed by atoms with Gasteiger partial charge in [-0.05, 0) is 45.0 Å². The van der Waals surface area contributed by atoms with Crippen molar-refractivity contribution < 1.29 is 14.7 Å². The molecule has 1 aromatic rings. The zero-order valence-electron chi connectivity index (χ0n) is 11.6. The monoisotopic (exact) mass is 359 g/mol. The number of nitrogens with one attached hydrogen (secondary N) is 1. The van der Waals surface area contributed by atoms with Crippen molar-refractivity contribution in [3.63, 3.8) is 0 Å². The molecule has 0 aliphatic heterocycles. The van der Waals surface area contributed by atoms with E-state index < -0.39 is 11.4 Å². The molecule has 0 heterocycles. The molecule has 0 aliphatic rings. The lowest BCUT2D eigenvalue weighted by molar-refractivity contribution is -0.146. The third-order valence-corrected chi connectivity index (χ3v) is 4.42. The number of hydrogen-bond donors (Lipinski definition) is 2. The molecule has 0 aliphatic carbocycles. The summed E-state index contributed by atoms with van der Waals surface area (Å²) >= 11 is 4.80. The number of carboxylic acids is 1. The topological polar surface area (TPSA) is 66.4 Å². The molecule has 0 bridgehead atoms. The van der Waals surface area contributed by atoms with Crippen LogP contribution in [0.4, 0.5) is 0 Å². The van der Waals surface area contributed by atoms with Gasteiger partial charge in [0.1, 0.15) is 0 Å². The van der Waals surface area contributed by atoms with E-state index in [9.17, 15) is 9.59 Å². The van der Waals surface area contributed by atoms with Gasteiger partial charge in [-0.15, -0.1) is 11.8 Å². The number of rotatable bonds is 6. The SMILES string of the molecule is CC(Sc1ccc(Br)cc1)C(=O)NCC(C)(C)C(=O)O. The van der Waals surface area contributed by atoms with Crippen molar-refractivity contribution in [3.05, 3.63) is 28.7 Å². The van der Waals surface area contributed by atoms with Gasteiger partial charge in [-0.25, -0.2) is 0 Å². The summed E-state index contributed by atoms with van der Waals surface area (Å²) in [5, 5.41) is 11.4.